The number of carbonyl (C=O) groups is 2. The number of carbonyl (C=O) groups excluding carboxylic acids is 2. The molecule has 5 heteroatoms. The van der Waals surface area contributed by atoms with Crippen LogP contribution in [-0.2, 0) is 16.0 Å². The number of hydrogen-bond donors (Lipinski definition) is 2. The van der Waals surface area contributed by atoms with Gasteiger partial charge in [0.25, 0.3) is 0 Å². The lowest BCUT2D eigenvalue weighted by atomic mass is 10.1. The summed E-state index contributed by atoms with van der Waals surface area (Å²) < 4.78 is 0. The van der Waals surface area contributed by atoms with Crippen LogP contribution in [-0.4, -0.2) is 17.6 Å². The van der Waals surface area contributed by atoms with E-state index in [1.165, 1.54) is 11.8 Å². The van der Waals surface area contributed by atoms with Crippen molar-refractivity contribution in [3.63, 3.8) is 0 Å². The van der Waals surface area contributed by atoms with Gasteiger partial charge in [0.05, 0.1) is 12.2 Å². The van der Waals surface area contributed by atoms with Crippen LogP contribution in [0.1, 0.15) is 5.56 Å². The number of hydrogen-bond acceptors (Lipinski definition) is 3. The Bertz CT molecular complexity index is 1190. The highest BCUT2D eigenvalue weighted by Gasteiger charge is 2.08. The SMILES string of the molecule is O=C(Cc1ccccc1)Nc1ccc(SCC(=O)Nc2cccc3ccccc23)cc1. The Hall–Kier alpha value is -3.57. The van der Waals surface area contributed by atoms with Gasteiger partial charge in [0.15, 0.2) is 0 Å². The normalized spacial score (nSPS) is 10.6. The lowest BCUT2D eigenvalue weighted by molar-refractivity contribution is -0.115. The number of benzene rings is 4. The molecule has 0 saturated carbocycles. The molecule has 0 atom stereocenters. The number of thioether (sulfide) groups is 1. The Kier molecular flexibility index (Phi) is 6.65. The van der Waals surface area contributed by atoms with Gasteiger partial charge in [-0.15, -0.1) is 11.8 Å². The van der Waals surface area contributed by atoms with E-state index >= 15 is 0 Å². The molecule has 0 aliphatic heterocycles. The summed E-state index contributed by atoms with van der Waals surface area (Å²) >= 11 is 1.46. The summed E-state index contributed by atoms with van der Waals surface area (Å²) in [6, 6.07) is 31.0. The summed E-state index contributed by atoms with van der Waals surface area (Å²) in [6.45, 7) is 0. The number of rotatable bonds is 7. The molecule has 2 amide bonds. The van der Waals surface area contributed by atoms with E-state index in [1.54, 1.807) is 0 Å². The van der Waals surface area contributed by atoms with Gasteiger partial charge in [0.1, 0.15) is 0 Å². The second kappa shape index (κ2) is 9.96. The predicted octanol–water partition coefficient (Wildman–Crippen LogP) is 5.75. The van der Waals surface area contributed by atoms with Gasteiger partial charge in [0, 0.05) is 21.7 Å². The Balaban J connectivity index is 1.29. The molecule has 154 valence electrons. The third-order valence-electron chi connectivity index (χ3n) is 4.78. The molecule has 0 fully saturated rings. The van der Waals surface area contributed by atoms with E-state index in [0.29, 0.717) is 12.2 Å². The molecule has 0 spiro atoms. The zero-order valence-corrected chi connectivity index (χ0v) is 17.7. The topological polar surface area (TPSA) is 58.2 Å². The fraction of sp³-hybridized carbons (Fsp3) is 0.0769. The van der Waals surface area contributed by atoms with E-state index in [-0.39, 0.29) is 11.8 Å². The number of anilines is 2. The van der Waals surface area contributed by atoms with Crippen molar-refractivity contribution in [3.8, 4) is 0 Å². The minimum atomic E-state index is -0.0546. The number of amides is 2. The zero-order chi connectivity index (χ0) is 21.5. The fourth-order valence-corrected chi connectivity index (χ4v) is 3.99. The van der Waals surface area contributed by atoms with Gasteiger partial charge in [-0.05, 0) is 41.3 Å². The molecule has 0 bridgehead atoms. The zero-order valence-electron chi connectivity index (χ0n) is 16.9. The van der Waals surface area contributed by atoms with Crippen molar-refractivity contribution in [3.05, 3.63) is 103 Å². The second-order valence-electron chi connectivity index (χ2n) is 7.10. The minimum Gasteiger partial charge on any atom is -0.326 e. The quantitative estimate of drug-likeness (QED) is 0.370. The average molecular weight is 427 g/mol. The highest BCUT2D eigenvalue weighted by Crippen LogP contribution is 2.24. The first-order valence-electron chi connectivity index (χ1n) is 10.0. The van der Waals surface area contributed by atoms with Crippen LogP contribution in [0.3, 0.4) is 0 Å². The maximum absolute atomic E-state index is 12.4. The first-order valence-corrected chi connectivity index (χ1v) is 11.0. The van der Waals surface area contributed by atoms with E-state index < -0.39 is 0 Å². The van der Waals surface area contributed by atoms with E-state index in [4.69, 9.17) is 0 Å². The third-order valence-corrected chi connectivity index (χ3v) is 5.79. The summed E-state index contributed by atoms with van der Waals surface area (Å²) in [5, 5.41) is 8.03. The maximum atomic E-state index is 12.4. The van der Waals surface area contributed by atoms with Crippen molar-refractivity contribution in [1.82, 2.24) is 0 Å². The Morgan fingerprint density at radius 3 is 2.19 bits per heavy atom. The molecule has 4 aromatic rings. The first-order chi connectivity index (χ1) is 15.2. The molecular formula is C26H22N2O2S. The summed E-state index contributed by atoms with van der Waals surface area (Å²) in [4.78, 5) is 25.6. The van der Waals surface area contributed by atoms with Crippen LogP contribution >= 0.6 is 11.8 Å². The predicted molar refractivity (Wildman–Crippen MR) is 129 cm³/mol. The molecule has 0 heterocycles. The smallest absolute Gasteiger partial charge is 0.234 e. The van der Waals surface area contributed by atoms with E-state index in [2.05, 4.69) is 10.6 Å². The molecule has 4 aromatic carbocycles. The molecular weight excluding hydrogens is 404 g/mol. The Morgan fingerprint density at radius 2 is 1.39 bits per heavy atom. The van der Waals surface area contributed by atoms with E-state index in [0.717, 1.165) is 32.6 Å². The fourth-order valence-electron chi connectivity index (χ4n) is 3.29. The van der Waals surface area contributed by atoms with Crippen LogP contribution < -0.4 is 10.6 Å². The Morgan fingerprint density at radius 1 is 0.677 bits per heavy atom. The Labute approximate surface area is 185 Å². The monoisotopic (exact) mass is 426 g/mol. The van der Waals surface area contributed by atoms with Crippen LogP contribution in [0.15, 0.2) is 102 Å². The molecule has 2 N–H and O–H groups in total. The van der Waals surface area contributed by atoms with E-state index in [1.807, 2.05) is 97.1 Å². The molecule has 0 aromatic heterocycles. The standard InChI is InChI=1S/C26H22N2O2S/c29-25(17-19-7-2-1-3-8-19)27-21-13-15-22(16-14-21)31-18-26(30)28-24-12-6-10-20-9-4-5-11-23(20)24/h1-16H,17-18H2,(H,27,29)(H,28,30). The van der Waals surface area contributed by atoms with Crippen molar-refractivity contribution >= 4 is 45.7 Å². The number of nitrogens with one attached hydrogen (secondary N) is 2. The van der Waals surface area contributed by atoms with Crippen molar-refractivity contribution in [2.45, 2.75) is 11.3 Å². The average Bonchev–Trinajstić information content (AvgIpc) is 2.79. The summed E-state index contributed by atoms with van der Waals surface area (Å²) in [5.41, 5.74) is 2.54. The van der Waals surface area contributed by atoms with E-state index in [9.17, 15) is 9.59 Å². The van der Waals surface area contributed by atoms with Crippen LogP contribution in [0, 0.1) is 0 Å². The van der Waals surface area contributed by atoms with Gasteiger partial charge >= 0.3 is 0 Å². The van der Waals surface area contributed by atoms with Gasteiger partial charge in [-0.2, -0.15) is 0 Å². The van der Waals surface area contributed by atoms with Crippen LogP contribution in [0.4, 0.5) is 11.4 Å². The molecule has 0 radical (unpaired) electrons. The van der Waals surface area contributed by atoms with Crippen LogP contribution in [0.25, 0.3) is 10.8 Å². The summed E-state index contributed by atoms with van der Waals surface area (Å²) in [5.74, 6) is 0.200. The first kappa shape index (κ1) is 20.7. The minimum absolute atomic E-state index is 0.0541. The largest absolute Gasteiger partial charge is 0.326 e. The van der Waals surface area contributed by atoms with Gasteiger partial charge < -0.3 is 10.6 Å². The molecule has 4 rings (SSSR count). The molecule has 31 heavy (non-hydrogen) atoms. The van der Waals surface area contributed by atoms with Crippen molar-refractivity contribution < 1.29 is 9.59 Å². The van der Waals surface area contributed by atoms with Crippen molar-refractivity contribution in [2.24, 2.45) is 0 Å². The molecule has 0 saturated heterocycles. The highest BCUT2D eigenvalue weighted by atomic mass is 32.2. The van der Waals surface area contributed by atoms with Gasteiger partial charge in [-0.3, -0.25) is 9.59 Å². The van der Waals surface area contributed by atoms with Crippen LogP contribution in [0.2, 0.25) is 0 Å². The van der Waals surface area contributed by atoms with Crippen molar-refractivity contribution in [2.75, 3.05) is 16.4 Å². The summed E-state index contributed by atoms with van der Waals surface area (Å²) in [6.07, 6.45) is 0.339. The maximum Gasteiger partial charge on any atom is 0.234 e. The third kappa shape index (κ3) is 5.74. The van der Waals surface area contributed by atoms with Crippen molar-refractivity contribution in [1.29, 1.82) is 0 Å². The second-order valence-corrected chi connectivity index (χ2v) is 8.15. The molecule has 0 aliphatic carbocycles. The van der Waals surface area contributed by atoms with Crippen LogP contribution in [0.5, 0.6) is 0 Å². The molecule has 0 aliphatic rings. The summed E-state index contributed by atoms with van der Waals surface area (Å²) in [7, 11) is 0. The number of fused-ring (bicyclic) bond motifs is 1. The highest BCUT2D eigenvalue weighted by molar-refractivity contribution is 8.00. The van der Waals surface area contributed by atoms with Gasteiger partial charge in [-0.1, -0.05) is 66.7 Å². The lowest BCUT2D eigenvalue weighted by Gasteiger charge is -2.09. The molecule has 4 nitrogen and oxygen atoms in total. The lowest BCUT2D eigenvalue weighted by Crippen LogP contribution is -2.14. The molecule has 0 unspecified atom stereocenters. The van der Waals surface area contributed by atoms with Gasteiger partial charge in [0.2, 0.25) is 11.8 Å². The van der Waals surface area contributed by atoms with Gasteiger partial charge in [-0.25, -0.2) is 0 Å².